The smallest absolute Gasteiger partial charge is 0.306 e. The highest BCUT2D eigenvalue weighted by Gasteiger charge is 2.27. The lowest BCUT2D eigenvalue weighted by Crippen LogP contribution is -2.38. The summed E-state index contributed by atoms with van der Waals surface area (Å²) < 4.78 is 1.93. The summed E-state index contributed by atoms with van der Waals surface area (Å²) in [7, 11) is 0. The van der Waals surface area contributed by atoms with Crippen LogP contribution in [0.15, 0.2) is 85.1 Å². The second-order valence-electron chi connectivity index (χ2n) is 10.0. The summed E-state index contributed by atoms with van der Waals surface area (Å²) in [6, 6.07) is 24.8. The number of hydrogen-bond acceptors (Lipinski definition) is 6. The van der Waals surface area contributed by atoms with Crippen LogP contribution in [0.2, 0.25) is 0 Å². The van der Waals surface area contributed by atoms with E-state index >= 15 is 0 Å². The quantitative estimate of drug-likeness (QED) is 0.277. The second kappa shape index (κ2) is 10.6. The fourth-order valence-corrected chi connectivity index (χ4v) is 5.27. The molecule has 0 saturated heterocycles. The van der Waals surface area contributed by atoms with E-state index in [-0.39, 0.29) is 17.9 Å². The van der Waals surface area contributed by atoms with Crippen LogP contribution in [0.1, 0.15) is 36.0 Å². The van der Waals surface area contributed by atoms with Crippen molar-refractivity contribution in [3.05, 3.63) is 90.6 Å². The molecule has 9 nitrogen and oxygen atoms in total. The molecule has 0 radical (unpaired) electrons. The van der Waals surface area contributed by atoms with E-state index in [1.54, 1.807) is 18.3 Å². The molecule has 200 valence electrons. The molecule has 0 unspecified atom stereocenters. The van der Waals surface area contributed by atoms with Crippen molar-refractivity contribution in [1.82, 2.24) is 24.8 Å². The lowest BCUT2D eigenvalue weighted by Gasteiger charge is -2.26. The van der Waals surface area contributed by atoms with Crippen LogP contribution in [0.4, 0.5) is 5.82 Å². The van der Waals surface area contributed by atoms with Crippen molar-refractivity contribution in [1.29, 1.82) is 0 Å². The van der Waals surface area contributed by atoms with Gasteiger partial charge in [0.05, 0.1) is 17.2 Å². The topological polar surface area (TPSA) is 136 Å². The Balaban J connectivity index is 1.35. The van der Waals surface area contributed by atoms with Gasteiger partial charge in [0, 0.05) is 29.1 Å². The zero-order valence-corrected chi connectivity index (χ0v) is 21.7. The maximum absolute atomic E-state index is 13.0. The van der Waals surface area contributed by atoms with Gasteiger partial charge in [0.2, 0.25) is 0 Å². The molecular formula is C31H28N6O3. The van der Waals surface area contributed by atoms with Crippen molar-refractivity contribution in [2.45, 2.75) is 31.7 Å². The summed E-state index contributed by atoms with van der Waals surface area (Å²) >= 11 is 0. The summed E-state index contributed by atoms with van der Waals surface area (Å²) in [6.45, 7) is 0. The number of carbonyl (C=O) groups excluding carboxylic acids is 1. The molecule has 2 aromatic carbocycles. The summed E-state index contributed by atoms with van der Waals surface area (Å²) in [5, 5.41) is 12.3. The highest BCUT2D eigenvalue weighted by molar-refractivity contribution is 5.95. The molecule has 1 fully saturated rings. The number of fused-ring (bicyclic) bond motifs is 1. The number of benzene rings is 2. The molecule has 1 aliphatic rings. The van der Waals surface area contributed by atoms with Crippen LogP contribution in [0.25, 0.3) is 39.5 Å². The minimum atomic E-state index is -0.759. The summed E-state index contributed by atoms with van der Waals surface area (Å²) in [5.41, 5.74) is 11.4. The average molecular weight is 533 g/mol. The number of nitrogen functional groups attached to an aromatic ring is 1. The molecule has 3 aromatic heterocycles. The third kappa shape index (κ3) is 4.89. The van der Waals surface area contributed by atoms with Crippen LogP contribution in [-0.4, -0.2) is 42.5 Å². The van der Waals surface area contributed by atoms with Gasteiger partial charge in [-0.15, -0.1) is 0 Å². The van der Waals surface area contributed by atoms with Crippen LogP contribution in [0.3, 0.4) is 0 Å². The number of rotatable bonds is 6. The predicted molar refractivity (Wildman–Crippen MR) is 153 cm³/mol. The Morgan fingerprint density at radius 2 is 1.62 bits per heavy atom. The molecule has 9 heteroatoms. The van der Waals surface area contributed by atoms with Crippen molar-refractivity contribution < 1.29 is 14.7 Å². The number of carboxylic acids is 1. The molecule has 6 rings (SSSR count). The second-order valence-corrected chi connectivity index (χ2v) is 10.0. The number of pyridine rings is 2. The SMILES string of the molecule is Nc1ncccc1-c1nc2ccc(-c3ccccc3)nc2n1-c1ccc(C(=O)NC2CCC(C(=O)O)CC2)cc1. The molecule has 5 aromatic rings. The van der Waals surface area contributed by atoms with E-state index in [1.807, 2.05) is 71.3 Å². The first-order chi connectivity index (χ1) is 19.5. The number of anilines is 1. The van der Waals surface area contributed by atoms with Crippen LogP contribution in [0.5, 0.6) is 0 Å². The number of nitrogens with zero attached hydrogens (tertiary/aromatic N) is 4. The molecule has 1 aliphatic carbocycles. The van der Waals surface area contributed by atoms with Gasteiger partial charge >= 0.3 is 5.97 Å². The van der Waals surface area contributed by atoms with Crippen LogP contribution in [-0.2, 0) is 4.79 Å². The summed E-state index contributed by atoms with van der Waals surface area (Å²) in [5.74, 6) is -0.301. The highest BCUT2D eigenvalue weighted by atomic mass is 16.4. The Labute approximate surface area is 230 Å². The molecule has 0 atom stereocenters. The molecule has 1 saturated carbocycles. The first-order valence-electron chi connectivity index (χ1n) is 13.3. The largest absolute Gasteiger partial charge is 0.481 e. The average Bonchev–Trinajstić information content (AvgIpc) is 3.36. The van der Waals surface area contributed by atoms with E-state index in [0.717, 1.165) is 16.9 Å². The molecular weight excluding hydrogens is 504 g/mol. The summed E-state index contributed by atoms with van der Waals surface area (Å²) in [4.78, 5) is 38.3. The Morgan fingerprint density at radius 1 is 0.875 bits per heavy atom. The Kier molecular flexibility index (Phi) is 6.69. The first-order valence-corrected chi connectivity index (χ1v) is 13.3. The number of imidazole rings is 1. The van der Waals surface area contributed by atoms with E-state index in [0.29, 0.717) is 59.6 Å². The molecule has 1 amide bonds. The number of hydrogen-bond donors (Lipinski definition) is 3. The molecule has 0 bridgehead atoms. The number of nitrogens with one attached hydrogen (secondary N) is 1. The Morgan fingerprint density at radius 3 is 2.33 bits per heavy atom. The molecule has 0 aliphatic heterocycles. The van der Waals surface area contributed by atoms with Crippen molar-refractivity contribution in [3.63, 3.8) is 0 Å². The number of aliphatic carboxylic acids is 1. The number of carboxylic acid groups (broad SMARTS) is 1. The van der Waals surface area contributed by atoms with E-state index in [4.69, 9.17) is 15.7 Å². The monoisotopic (exact) mass is 532 g/mol. The fourth-order valence-electron chi connectivity index (χ4n) is 5.27. The van der Waals surface area contributed by atoms with Gasteiger partial charge in [-0.3, -0.25) is 14.2 Å². The van der Waals surface area contributed by atoms with Crippen LogP contribution >= 0.6 is 0 Å². The third-order valence-electron chi connectivity index (χ3n) is 7.45. The van der Waals surface area contributed by atoms with Crippen molar-refractivity contribution in [2.24, 2.45) is 5.92 Å². The zero-order valence-electron chi connectivity index (χ0n) is 21.7. The van der Waals surface area contributed by atoms with E-state index in [1.165, 1.54) is 0 Å². The van der Waals surface area contributed by atoms with E-state index < -0.39 is 5.97 Å². The third-order valence-corrected chi connectivity index (χ3v) is 7.45. The van der Waals surface area contributed by atoms with Crippen molar-refractivity contribution in [2.75, 3.05) is 5.73 Å². The minimum absolute atomic E-state index is 0.0267. The van der Waals surface area contributed by atoms with Crippen molar-refractivity contribution >= 4 is 28.9 Å². The van der Waals surface area contributed by atoms with Gasteiger partial charge in [-0.1, -0.05) is 30.3 Å². The van der Waals surface area contributed by atoms with Gasteiger partial charge < -0.3 is 16.2 Å². The minimum Gasteiger partial charge on any atom is -0.481 e. The fraction of sp³-hybridized carbons (Fsp3) is 0.194. The maximum atomic E-state index is 13.0. The lowest BCUT2D eigenvalue weighted by atomic mass is 9.86. The van der Waals surface area contributed by atoms with Crippen molar-refractivity contribution in [3.8, 4) is 28.3 Å². The summed E-state index contributed by atoms with van der Waals surface area (Å²) in [6.07, 6.45) is 4.11. The van der Waals surface area contributed by atoms with Gasteiger partial charge in [0.25, 0.3) is 5.91 Å². The number of nitrogens with two attached hydrogens (primary N) is 1. The number of amides is 1. The van der Waals surface area contributed by atoms with Crippen LogP contribution in [0, 0.1) is 5.92 Å². The zero-order chi connectivity index (χ0) is 27.6. The Bertz CT molecular complexity index is 1690. The standard InChI is InChI=1S/C31H28N6O3/c32-27-24(7-4-18-33-27)28-36-26-17-16-25(19-5-2-1-3-6-19)35-29(26)37(28)23-14-10-20(11-15-23)30(38)34-22-12-8-21(9-13-22)31(39)40/h1-7,10-11,14-18,21-22H,8-9,12-13H2,(H2,32,33)(H,34,38)(H,39,40). The Hall–Kier alpha value is -5.05. The van der Waals surface area contributed by atoms with Gasteiger partial charge in [-0.25, -0.2) is 15.0 Å². The molecule has 40 heavy (non-hydrogen) atoms. The molecule has 4 N–H and O–H groups in total. The van der Waals surface area contributed by atoms with Gasteiger partial charge in [-0.2, -0.15) is 0 Å². The highest BCUT2D eigenvalue weighted by Crippen LogP contribution is 2.32. The normalized spacial score (nSPS) is 17.0. The lowest BCUT2D eigenvalue weighted by molar-refractivity contribution is -0.142. The first kappa shape index (κ1) is 25.2. The van der Waals surface area contributed by atoms with E-state index in [2.05, 4.69) is 10.3 Å². The number of carbonyl (C=O) groups is 2. The van der Waals surface area contributed by atoms with Crippen LogP contribution < -0.4 is 11.1 Å². The van der Waals surface area contributed by atoms with Gasteiger partial charge in [-0.05, 0) is 74.2 Å². The van der Waals surface area contributed by atoms with E-state index in [9.17, 15) is 14.7 Å². The number of aromatic nitrogens is 4. The molecule has 0 spiro atoms. The molecule has 3 heterocycles. The van der Waals surface area contributed by atoms with Gasteiger partial charge in [0.15, 0.2) is 11.5 Å². The maximum Gasteiger partial charge on any atom is 0.306 e. The predicted octanol–water partition coefficient (Wildman–Crippen LogP) is 5.10. The van der Waals surface area contributed by atoms with Gasteiger partial charge in [0.1, 0.15) is 11.3 Å².